The summed E-state index contributed by atoms with van der Waals surface area (Å²) in [5.41, 5.74) is 2.30. The molecule has 1 aromatic heterocycles. The molecule has 1 fully saturated rings. The number of hydrogen-bond donors (Lipinski definition) is 3. The van der Waals surface area contributed by atoms with Crippen LogP contribution in [0.4, 0.5) is 17.2 Å². The number of ether oxygens (including phenoxy) is 2. The van der Waals surface area contributed by atoms with E-state index in [9.17, 15) is 9.90 Å². The Morgan fingerprint density at radius 1 is 1.05 bits per heavy atom. The van der Waals surface area contributed by atoms with Crippen LogP contribution >= 0.6 is 0 Å². The zero-order valence-corrected chi connectivity index (χ0v) is 21.4. The van der Waals surface area contributed by atoms with Crippen LogP contribution < -0.4 is 25.0 Å². The van der Waals surface area contributed by atoms with E-state index < -0.39 is 6.10 Å². The van der Waals surface area contributed by atoms with Crippen LogP contribution in [-0.4, -0.2) is 80.0 Å². The van der Waals surface area contributed by atoms with Crippen LogP contribution in [0.3, 0.4) is 0 Å². The first-order valence-corrected chi connectivity index (χ1v) is 12.6. The monoisotopic (exact) mass is 505 g/mol. The molecule has 0 radical (unpaired) electrons. The fourth-order valence-electron chi connectivity index (χ4n) is 4.33. The van der Waals surface area contributed by atoms with Crippen molar-refractivity contribution in [2.75, 3.05) is 63.2 Å². The van der Waals surface area contributed by atoms with E-state index in [-0.39, 0.29) is 12.5 Å². The van der Waals surface area contributed by atoms with Gasteiger partial charge in [0.05, 0.1) is 31.1 Å². The van der Waals surface area contributed by atoms with Crippen LogP contribution in [0.5, 0.6) is 11.5 Å². The third-order valence-electron chi connectivity index (χ3n) is 6.25. The Morgan fingerprint density at radius 2 is 1.81 bits per heavy atom. The lowest BCUT2D eigenvalue weighted by molar-refractivity contribution is 0.0852. The molecule has 0 aliphatic carbocycles. The van der Waals surface area contributed by atoms with Crippen molar-refractivity contribution in [3.8, 4) is 11.5 Å². The zero-order chi connectivity index (χ0) is 26.0. The number of pyridine rings is 1. The molecule has 4 rings (SSSR count). The number of aromatic nitrogens is 1. The number of methoxy groups -OCH3 is 1. The summed E-state index contributed by atoms with van der Waals surface area (Å²) >= 11 is 0. The number of hydrogen-bond acceptors (Lipinski definition) is 8. The Hall–Kier alpha value is -3.82. The van der Waals surface area contributed by atoms with Crippen molar-refractivity contribution in [3.05, 3.63) is 72.4 Å². The van der Waals surface area contributed by atoms with Crippen molar-refractivity contribution in [2.24, 2.45) is 0 Å². The summed E-state index contributed by atoms with van der Waals surface area (Å²) in [5, 5.41) is 16.6. The first kappa shape index (κ1) is 26.2. The lowest BCUT2D eigenvalue weighted by Crippen LogP contribution is -2.50. The summed E-state index contributed by atoms with van der Waals surface area (Å²) in [7, 11) is 1.61. The maximum absolute atomic E-state index is 12.9. The number of β-amino-alcohol motifs (C(OH)–C–C–N with tert-alkyl or cyclic N) is 1. The van der Waals surface area contributed by atoms with Gasteiger partial charge in [-0.15, -0.1) is 0 Å². The normalized spacial score (nSPS) is 14.6. The largest absolute Gasteiger partial charge is 0.497 e. The van der Waals surface area contributed by atoms with Crippen LogP contribution in [0.25, 0.3) is 0 Å². The molecule has 2 heterocycles. The molecule has 1 atom stereocenters. The minimum absolute atomic E-state index is 0.156. The van der Waals surface area contributed by atoms with E-state index in [4.69, 9.17) is 9.47 Å². The van der Waals surface area contributed by atoms with Gasteiger partial charge in [-0.25, -0.2) is 4.98 Å². The Morgan fingerprint density at radius 3 is 2.54 bits per heavy atom. The molecule has 1 amide bonds. The molecule has 0 spiro atoms. The van der Waals surface area contributed by atoms with E-state index in [1.165, 1.54) is 0 Å². The zero-order valence-electron chi connectivity index (χ0n) is 21.4. The number of benzene rings is 2. The first-order valence-electron chi connectivity index (χ1n) is 12.6. The molecule has 1 aliphatic rings. The van der Waals surface area contributed by atoms with E-state index in [2.05, 4.69) is 31.5 Å². The SMILES string of the molecule is CCOc1ccccc1N1CCN(CC(O)CNC(=O)c2cccnc2Nc2ccc(OC)cc2)CC1. The Kier molecular flexibility index (Phi) is 9.18. The van der Waals surface area contributed by atoms with E-state index in [1.54, 1.807) is 25.4 Å². The molecule has 0 saturated carbocycles. The number of amides is 1. The highest BCUT2D eigenvalue weighted by molar-refractivity contribution is 5.99. The summed E-state index contributed by atoms with van der Waals surface area (Å²) in [5.74, 6) is 1.80. The van der Waals surface area contributed by atoms with E-state index in [0.717, 1.165) is 49.1 Å². The minimum Gasteiger partial charge on any atom is -0.497 e. The summed E-state index contributed by atoms with van der Waals surface area (Å²) in [6, 6.07) is 18.9. The second-order valence-electron chi connectivity index (χ2n) is 8.81. The summed E-state index contributed by atoms with van der Waals surface area (Å²) < 4.78 is 11.0. The third kappa shape index (κ3) is 7.12. The van der Waals surface area contributed by atoms with Crippen molar-refractivity contribution in [1.29, 1.82) is 0 Å². The number of para-hydroxylation sites is 2. The van der Waals surface area contributed by atoms with Crippen LogP contribution in [0.15, 0.2) is 66.9 Å². The Bertz CT molecular complexity index is 1150. The van der Waals surface area contributed by atoms with Crippen LogP contribution in [0.2, 0.25) is 0 Å². The lowest BCUT2D eigenvalue weighted by atomic mass is 10.2. The average Bonchev–Trinajstić information content (AvgIpc) is 2.93. The van der Waals surface area contributed by atoms with E-state index in [1.807, 2.05) is 49.4 Å². The highest BCUT2D eigenvalue weighted by Crippen LogP contribution is 2.29. The van der Waals surface area contributed by atoms with Gasteiger partial charge in [0.2, 0.25) is 0 Å². The molecule has 3 N–H and O–H groups in total. The molecule has 1 saturated heterocycles. The lowest BCUT2D eigenvalue weighted by Gasteiger charge is -2.37. The van der Waals surface area contributed by atoms with Gasteiger partial charge >= 0.3 is 0 Å². The van der Waals surface area contributed by atoms with Crippen LogP contribution in [0.1, 0.15) is 17.3 Å². The quantitative estimate of drug-likeness (QED) is 0.366. The molecule has 1 aliphatic heterocycles. The number of nitrogens with one attached hydrogen (secondary N) is 2. The number of rotatable bonds is 11. The van der Waals surface area contributed by atoms with E-state index >= 15 is 0 Å². The number of carbonyl (C=O) groups excluding carboxylic acids is 1. The number of anilines is 3. The van der Waals surface area contributed by atoms with Gasteiger partial charge in [0, 0.05) is 51.2 Å². The standard InChI is InChI=1S/C28H35N5O4/c1-3-37-26-9-5-4-8-25(26)33-17-15-32(16-18-33)20-22(34)19-30-28(35)24-7-6-14-29-27(24)31-21-10-12-23(36-2)13-11-21/h4-14,22,34H,3,15-20H2,1-2H3,(H,29,31)(H,30,35). The smallest absolute Gasteiger partial charge is 0.255 e. The van der Waals surface area contributed by atoms with Gasteiger partial charge in [-0.2, -0.15) is 0 Å². The predicted octanol–water partition coefficient (Wildman–Crippen LogP) is 3.15. The third-order valence-corrected chi connectivity index (χ3v) is 6.25. The number of nitrogens with zero attached hydrogens (tertiary/aromatic N) is 3. The van der Waals surface area contributed by atoms with Crippen molar-refractivity contribution < 1.29 is 19.4 Å². The minimum atomic E-state index is -0.680. The topological polar surface area (TPSA) is 99.2 Å². The van der Waals surface area contributed by atoms with Gasteiger partial charge in [0.25, 0.3) is 5.91 Å². The molecule has 3 aromatic rings. The van der Waals surface area contributed by atoms with Crippen molar-refractivity contribution >= 4 is 23.1 Å². The van der Waals surface area contributed by atoms with Gasteiger partial charge in [0.1, 0.15) is 17.3 Å². The van der Waals surface area contributed by atoms with Crippen LogP contribution in [0, 0.1) is 0 Å². The maximum atomic E-state index is 12.9. The van der Waals surface area contributed by atoms with Crippen molar-refractivity contribution in [1.82, 2.24) is 15.2 Å². The van der Waals surface area contributed by atoms with Crippen molar-refractivity contribution in [3.63, 3.8) is 0 Å². The summed E-state index contributed by atoms with van der Waals surface area (Å²) in [6.07, 6.45) is 0.949. The van der Waals surface area contributed by atoms with E-state index in [0.29, 0.717) is 24.5 Å². The molecule has 9 heteroatoms. The second kappa shape index (κ2) is 12.9. The summed E-state index contributed by atoms with van der Waals surface area (Å²) in [6.45, 7) is 6.61. The molecule has 0 bridgehead atoms. The van der Waals surface area contributed by atoms with Crippen LogP contribution in [-0.2, 0) is 0 Å². The fraction of sp³-hybridized carbons (Fsp3) is 0.357. The van der Waals surface area contributed by atoms with Gasteiger partial charge in [-0.05, 0) is 55.5 Å². The second-order valence-corrected chi connectivity index (χ2v) is 8.81. The first-order chi connectivity index (χ1) is 18.1. The molecule has 9 nitrogen and oxygen atoms in total. The highest BCUT2D eigenvalue weighted by Gasteiger charge is 2.22. The average molecular weight is 506 g/mol. The molecular weight excluding hydrogens is 470 g/mol. The van der Waals surface area contributed by atoms with Gasteiger partial charge in [-0.3, -0.25) is 9.69 Å². The Labute approximate surface area is 218 Å². The predicted molar refractivity (Wildman–Crippen MR) is 145 cm³/mol. The Balaban J connectivity index is 1.26. The number of piperazine rings is 1. The molecule has 196 valence electrons. The number of carbonyl (C=O) groups is 1. The number of aliphatic hydroxyl groups excluding tert-OH is 1. The molecule has 37 heavy (non-hydrogen) atoms. The fourth-order valence-corrected chi connectivity index (χ4v) is 4.33. The highest BCUT2D eigenvalue weighted by atomic mass is 16.5. The summed E-state index contributed by atoms with van der Waals surface area (Å²) in [4.78, 5) is 21.7. The molecule has 2 aromatic carbocycles. The maximum Gasteiger partial charge on any atom is 0.255 e. The molecular formula is C28H35N5O4. The van der Waals surface area contributed by atoms with Gasteiger partial charge in [0.15, 0.2) is 0 Å². The van der Waals surface area contributed by atoms with Gasteiger partial charge in [-0.1, -0.05) is 12.1 Å². The van der Waals surface area contributed by atoms with Crippen molar-refractivity contribution in [2.45, 2.75) is 13.0 Å². The van der Waals surface area contributed by atoms with Gasteiger partial charge < -0.3 is 30.1 Å². The number of aliphatic hydroxyl groups is 1. The molecule has 1 unspecified atom stereocenters.